The number of thioether (sulfide) groups is 1. The Morgan fingerprint density at radius 3 is 2.76 bits per heavy atom. The van der Waals surface area contributed by atoms with Crippen molar-refractivity contribution in [3.05, 3.63) is 54.1 Å². The first-order chi connectivity index (χ1) is 14.0. The zero-order chi connectivity index (χ0) is 20.4. The van der Waals surface area contributed by atoms with Crippen LogP contribution in [0.4, 0.5) is 14.5 Å². The highest BCUT2D eigenvalue weighted by Gasteiger charge is 2.30. The third kappa shape index (κ3) is 4.24. The van der Waals surface area contributed by atoms with Crippen molar-refractivity contribution in [1.82, 2.24) is 10.2 Å². The monoisotopic (exact) mass is 417 g/mol. The van der Waals surface area contributed by atoms with Crippen molar-refractivity contribution in [1.29, 1.82) is 0 Å². The van der Waals surface area contributed by atoms with Crippen molar-refractivity contribution < 1.29 is 22.7 Å². The average Bonchev–Trinajstić information content (AvgIpc) is 3.30. The minimum absolute atomic E-state index is 0.0271. The van der Waals surface area contributed by atoms with E-state index in [9.17, 15) is 13.6 Å². The molecule has 9 heteroatoms. The molecular weight excluding hydrogens is 400 g/mol. The normalized spacial score (nSPS) is 15.6. The number of carbonyl (C=O) groups excluding carboxylic acids is 1. The number of hydrogen-bond acceptors (Lipinski definition) is 6. The molecule has 1 amide bonds. The molecule has 0 bridgehead atoms. The van der Waals surface area contributed by atoms with Gasteiger partial charge in [0.25, 0.3) is 5.22 Å². The van der Waals surface area contributed by atoms with Crippen LogP contribution in [-0.2, 0) is 11.2 Å². The lowest BCUT2D eigenvalue weighted by Gasteiger charge is -2.22. The van der Waals surface area contributed by atoms with Gasteiger partial charge in [0.05, 0.1) is 5.75 Å². The number of rotatable bonds is 6. The number of alkyl halides is 2. The summed E-state index contributed by atoms with van der Waals surface area (Å²) in [5.74, 6) is 0.425. The molecule has 6 nitrogen and oxygen atoms in total. The number of benzene rings is 2. The second kappa shape index (κ2) is 8.20. The summed E-state index contributed by atoms with van der Waals surface area (Å²) < 4.78 is 34.3. The van der Waals surface area contributed by atoms with E-state index in [2.05, 4.69) is 14.9 Å². The van der Waals surface area contributed by atoms with Gasteiger partial charge in [-0.25, -0.2) is 0 Å². The van der Waals surface area contributed by atoms with Gasteiger partial charge in [0.1, 0.15) is 5.75 Å². The summed E-state index contributed by atoms with van der Waals surface area (Å²) >= 11 is 1.16. The Bertz CT molecular complexity index is 1010. The highest BCUT2D eigenvalue weighted by Crippen LogP contribution is 2.33. The number of amides is 1. The summed E-state index contributed by atoms with van der Waals surface area (Å²) in [5, 5.41) is 8.17. The zero-order valence-electron chi connectivity index (χ0n) is 15.4. The lowest BCUT2D eigenvalue weighted by molar-refractivity contribution is -0.116. The largest absolute Gasteiger partial charge is 0.435 e. The van der Waals surface area contributed by atoms with Gasteiger partial charge in [0.15, 0.2) is 0 Å². The molecule has 150 valence electrons. The van der Waals surface area contributed by atoms with Gasteiger partial charge in [-0.15, -0.1) is 10.2 Å². The molecule has 4 rings (SSSR count). The van der Waals surface area contributed by atoms with E-state index in [1.165, 1.54) is 12.1 Å². The average molecular weight is 417 g/mol. The molecule has 2 heterocycles. The molecule has 0 saturated carbocycles. The molecule has 1 unspecified atom stereocenters. The molecule has 0 radical (unpaired) electrons. The number of hydrogen-bond donors (Lipinski definition) is 0. The Morgan fingerprint density at radius 2 is 2.00 bits per heavy atom. The summed E-state index contributed by atoms with van der Waals surface area (Å²) in [4.78, 5) is 14.5. The maximum Gasteiger partial charge on any atom is 0.387 e. The molecule has 0 saturated heterocycles. The van der Waals surface area contributed by atoms with Crippen molar-refractivity contribution in [2.24, 2.45) is 0 Å². The van der Waals surface area contributed by atoms with Crippen LogP contribution in [0.1, 0.15) is 12.5 Å². The SMILES string of the molecule is CC1Cc2ccccc2N1C(=O)CSc1nnc(-c2ccc(OC(F)F)cc2)o1. The number of nitrogens with zero attached hydrogens (tertiary/aromatic N) is 3. The lowest BCUT2D eigenvalue weighted by atomic mass is 10.1. The van der Waals surface area contributed by atoms with Crippen molar-refractivity contribution >= 4 is 23.4 Å². The summed E-state index contributed by atoms with van der Waals surface area (Å²) in [7, 11) is 0. The van der Waals surface area contributed by atoms with Gasteiger partial charge in [0.2, 0.25) is 11.8 Å². The second-order valence-electron chi connectivity index (χ2n) is 6.51. The maximum absolute atomic E-state index is 12.7. The van der Waals surface area contributed by atoms with Crippen LogP contribution in [0.2, 0.25) is 0 Å². The minimum Gasteiger partial charge on any atom is -0.435 e. The smallest absolute Gasteiger partial charge is 0.387 e. The maximum atomic E-state index is 12.7. The number of aromatic nitrogens is 2. The van der Waals surface area contributed by atoms with Crippen LogP contribution in [0.25, 0.3) is 11.5 Å². The molecule has 0 N–H and O–H groups in total. The Morgan fingerprint density at radius 1 is 1.24 bits per heavy atom. The zero-order valence-corrected chi connectivity index (χ0v) is 16.2. The molecule has 1 aliphatic rings. The van der Waals surface area contributed by atoms with Crippen molar-refractivity contribution in [3.8, 4) is 17.2 Å². The lowest BCUT2D eigenvalue weighted by Crippen LogP contribution is -2.36. The van der Waals surface area contributed by atoms with Gasteiger partial charge in [-0.05, 0) is 49.2 Å². The van der Waals surface area contributed by atoms with Crippen LogP contribution in [0.15, 0.2) is 58.2 Å². The topological polar surface area (TPSA) is 68.5 Å². The fourth-order valence-corrected chi connectivity index (χ4v) is 3.92. The molecule has 1 atom stereocenters. The molecule has 0 fully saturated rings. The van der Waals surface area contributed by atoms with Gasteiger partial charge in [-0.2, -0.15) is 8.78 Å². The van der Waals surface area contributed by atoms with Crippen LogP contribution >= 0.6 is 11.8 Å². The second-order valence-corrected chi connectivity index (χ2v) is 7.44. The van der Waals surface area contributed by atoms with Gasteiger partial charge < -0.3 is 14.1 Å². The van der Waals surface area contributed by atoms with Gasteiger partial charge in [-0.3, -0.25) is 4.79 Å². The van der Waals surface area contributed by atoms with E-state index >= 15 is 0 Å². The number of anilines is 1. The van der Waals surface area contributed by atoms with Crippen molar-refractivity contribution in [2.45, 2.75) is 31.2 Å². The highest BCUT2D eigenvalue weighted by atomic mass is 32.2. The number of halogens is 2. The third-order valence-electron chi connectivity index (χ3n) is 4.53. The van der Waals surface area contributed by atoms with Crippen molar-refractivity contribution in [3.63, 3.8) is 0 Å². The summed E-state index contributed by atoms with van der Waals surface area (Å²) in [6, 6.07) is 13.9. The van der Waals surface area contributed by atoms with E-state index in [-0.39, 0.29) is 34.6 Å². The molecule has 2 aromatic carbocycles. The van der Waals surface area contributed by atoms with Gasteiger partial charge in [0, 0.05) is 17.3 Å². The van der Waals surface area contributed by atoms with Gasteiger partial charge in [-0.1, -0.05) is 30.0 Å². The van der Waals surface area contributed by atoms with Crippen molar-refractivity contribution in [2.75, 3.05) is 10.7 Å². The summed E-state index contributed by atoms with van der Waals surface area (Å²) in [5.41, 5.74) is 2.68. The number of ether oxygens (including phenoxy) is 1. The van der Waals surface area contributed by atoms with Crippen LogP contribution in [0.5, 0.6) is 5.75 Å². The molecule has 29 heavy (non-hydrogen) atoms. The molecular formula is C20H17F2N3O3S. The highest BCUT2D eigenvalue weighted by molar-refractivity contribution is 7.99. The fourth-order valence-electron chi connectivity index (χ4n) is 3.30. The predicted molar refractivity (Wildman–Crippen MR) is 104 cm³/mol. The van der Waals surface area contributed by atoms with E-state index in [0.29, 0.717) is 5.56 Å². The third-order valence-corrected chi connectivity index (χ3v) is 5.33. The first-order valence-electron chi connectivity index (χ1n) is 8.93. The molecule has 0 spiro atoms. The van der Waals surface area contributed by atoms with Gasteiger partial charge >= 0.3 is 6.61 Å². The number of para-hydroxylation sites is 1. The first-order valence-corrected chi connectivity index (χ1v) is 9.91. The van der Waals surface area contributed by atoms with Crippen LogP contribution in [0.3, 0.4) is 0 Å². The summed E-state index contributed by atoms with van der Waals surface area (Å²) in [6.07, 6.45) is 0.836. The van der Waals surface area contributed by atoms with E-state index in [4.69, 9.17) is 4.42 Å². The Labute approximate surface area is 169 Å². The van der Waals surface area contributed by atoms with E-state index < -0.39 is 6.61 Å². The molecule has 1 aliphatic heterocycles. The Hall–Kier alpha value is -2.94. The first kappa shape index (κ1) is 19.4. The Kier molecular flexibility index (Phi) is 5.48. The van der Waals surface area contributed by atoms with Crippen LogP contribution in [-0.4, -0.2) is 34.5 Å². The molecule has 3 aromatic rings. The molecule has 1 aromatic heterocycles. The standard InChI is InChI=1S/C20H17F2N3O3S/c1-12-10-14-4-2-3-5-16(14)25(12)17(26)11-29-20-24-23-18(28-20)13-6-8-15(9-7-13)27-19(21)22/h2-9,12,19H,10-11H2,1H3. The van der Waals surface area contributed by atoms with E-state index in [1.807, 2.05) is 31.2 Å². The minimum atomic E-state index is -2.88. The summed E-state index contributed by atoms with van der Waals surface area (Å²) in [6.45, 7) is -0.857. The fraction of sp³-hybridized carbons (Fsp3) is 0.250. The van der Waals surface area contributed by atoms with E-state index in [0.717, 1.165) is 29.4 Å². The predicted octanol–water partition coefficient (Wildman–Crippen LogP) is 4.41. The molecule has 0 aliphatic carbocycles. The van der Waals surface area contributed by atoms with Crippen LogP contribution in [0, 0.1) is 0 Å². The van der Waals surface area contributed by atoms with Crippen LogP contribution < -0.4 is 9.64 Å². The van der Waals surface area contributed by atoms with E-state index in [1.54, 1.807) is 17.0 Å². The quantitative estimate of drug-likeness (QED) is 0.554. The Balaban J connectivity index is 1.39. The number of carbonyl (C=O) groups is 1. The number of fused-ring (bicyclic) bond motifs is 1.